The van der Waals surface area contributed by atoms with Gasteiger partial charge in [0.1, 0.15) is 6.04 Å². The fourth-order valence-corrected chi connectivity index (χ4v) is 2.48. The molecule has 2 fully saturated rings. The fourth-order valence-electron chi connectivity index (χ4n) is 2.48. The predicted octanol–water partition coefficient (Wildman–Crippen LogP) is 0.577. The second-order valence-electron chi connectivity index (χ2n) is 4.50. The standard InChI is InChI=1S/C12H19NO4/c1-2-17-12(15)10-4-3-6-13(10)11(14)9-5-7-16-8-9/h9-10H,2-8H2,1H3. The summed E-state index contributed by atoms with van der Waals surface area (Å²) in [5, 5.41) is 0. The molecule has 2 unspecified atom stereocenters. The highest BCUT2D eigenvalue weighted by Crippen LogP contribution is 2.24. The summed E-state index contributed by atoms with van der Waals surface area (Å²) < 4.78 is 10.2. The zero-order valence-corrected chi connectivity index (χ0v) is 10.2. The van der Waals surface area contributed by atoms with Gasteiger partial charge in [-0.25, -0.2) is 4.79 Å². The molecule has 1 amide bonds. The number of nitrogens with zero attached hydrogens (tertiary/aromatic N) is 1. The first-order chi connectivity index (χ1) is 8.24. The molecule has 5 heteroatoms. The summed E-state index contributed by atoms with van der Waals surface area (Å²) in [7, 11) is 0. The Kier molecular flexibility index (Phi) is 3.99. The summed E-state index contributed by atoms with van der Waals surface area (Å²) in [5.41, 5.74) is 0. The molecule has 0 aromatic rings. The predicted molar refractivity (Wildman–Crippen MR) is 60.3 cm³/mol. The van der Waals surface area contributed by atoms with Gasteiger partial charge in [0.25, 0.3) is 0 Å². The van der Waals surface area contributed by atoms with Crippen molar-refractivity contribution in [1.82, 2.24) is 4.90 Å². The third-order valence-electron chi connectivity index (χ3n) is 3.37. The molecule has 2 rings (SSSR count). The first-order valence-corrected chi connectivity index (χ1v) is 6.29. The van der Waals surface area contributed by atoms with Crippen LogP contribution in [-0.2, 0) is 19.1 Å². The lowest BCUT2D eigenvalue weighted by Gasteiger charge is -2.25. The van der Waals surface area contributed by atoms with E-state index in [1.54, 1.807) is 11.8 Å². The smallest absolute Gasteiger partial charge is 0.328 e. The van der Waals surface area contributed by atoms with E-state index in [9.17, 15) is 9.59 Å². The Morgan fingerprint density at radius 2 is 2.24 bits per heavy atom. The van der Waals surface area contributed by atoms with Crippen molar-refractivity contribution in [3.8, 4) is 0 Å². The van der Waals surface area contributed by atoms with Crippen LogP contribution in [0, 0.1) is 5.92 Å². The van der Waals surface area contributed by atoms with Gasteiger partial charge < -0.3 is 14.4 Å². The van der Waals surface area contributed by atoms with E-state index in [4.69, 9.17) is 9.47 Å². The Hall–Kier alpha value is -1.10. The number of esters is 1. The lowest BCUT2D eigenvalue weighted by atomic mass is 10.1. The van der Waals surface area contributed by atoms with Crippen molar-refractivity contribution in [3.63, 3.8) is 0 Å². The minimum atomic E-state index is -0.372. The number of carbonyl (C=O) groups is 2. The summed E-state index contributed by atoms with van der Waals surface area (Å²) >= 11 is 0. The molecule has 0 spiro atoms. The second-order valence-corrected chi connectivity index (χ2v) is 4.50. The summed E-state index contributed by atoms with van der Waals surface area (Å²) in [6.07, 6.45) is 2.37. The normalized spacial score (nSPS) is 28.4. The van der Waals surface area contributed by atoms with Gasteiger partial charge in [-0.3, -0.25) is 4.79 Å². The number of amides is 1. The van der Waals surface area contributed by atoms with E-state index in [1.165, 1.54) is 0 Å². The van der Waals surface area contributed by atoms with E-state index >= 15 is 0 Å². The van der Waals surface area contributed by atoms with Crippen molar-refractivity contribution in [2.45, 2.75) is 32.2 Å². The molecule has 2 aliphatic rings. The van der Waals surface area contributed by atoms with Gasteiger partial charge in [-0.05, 0) is 26.2 Å². The molecule has 96 valence electrons. The molecular weight excluding hydrogens is 222 g/mol. The average Bonchev–Trinajstić information content (AvgIpc) is 3.00. The molecule has 5 nitrogen and oxygen atoms in total. The van der Waals surface area contributed by atoms with Crippen LogP contribution >= 0.6 is 0 Å². The molecule has 2 heterocycles. The second kappa shape index (κ2) is 5.49. The van der Waals surface area contributed by atoms with Crippen molar-refractivity contribution in [2.24, 2.45) is 5.92 Å². The summed E-state index contributed by atoms with van der Waals surface area (Å²) in [4.78, 5) is 25.6. The average molecular weight is 241 g/mol. The molecular formula is C12H19NO4. The molecule has 17 heavy (non-hydrogen) atoms. The molecule has 2 saturated heterocycles. The fraction of sp³-hybridized carbons (Fsp3) is 0.833. The number of ether oxygens (including phenoxy) is 2. The van der Waals surface area contributed by atoms with Crippen LogP contribution in [-0.4, -0.2) is 49.2 Å². The van der Waals surface area contributed by atoms with Crippen LogP contribution < -0.4 is 0 Å². The van der Waals surface area contributed by atoms with E-state index in [1.807, 2.05) is 0 Å². The maximum Gasteiger partial charge on any atom is 0.328 e. The van der Waals surface area contributed by atoms with Gasteiger partial charge in [0, 0.05) is 13.2 Å². The Balaban J connectivity index is 1.98. The third kappa shape index (κ3) is 2.60. The maximum absolute atomic E-state index is 12.2. The largest absolute Gasteiger partial charge is 0.464 e. The molecule has 0 aliphatic carbocycles. The number of rotatable bonds is 3. The van der Waals surface area contributed by atoms with Crippen LogP contribution in [0.15, 0.2) is 0 Å². The maximum atomic E-state index is 12.2. The van der Waals surface area contributed by atoms with Gasteiger partial charge in [-0.2, -0.15) is 0 Å². The van der Waals surface area contributed by atoms with Crippen molar-refractivity contribution in [2.75, 3.05) is 26.4 Å². The van der Waals surface area contributed by atoms with Crippen LogP contribution in [0.25, 0.3) is 0 Å². The summed E-state index contributed by atoms with van der Waals surface area (Å²) in [6, 6.07) is -0.372. The number of hydrogen-bond acceptors (Lipinski definition) is 4. The number of carbonyl (C=O) groups excluding carboxylic acids is 2. The molecule has 0 N–H and O–H groups in total. The lowest BCUT2D eigenvalue weighted by molar-refractivity contribution is -0.154. The van der Waals surface area contributed by atoms with E-state index in [0.717, 1.165) is 19.3 Å². The molecule has 2 aliphatic heterocycles. The van der Waals surface area contributed by atoms with Crippen molar-refractivity contribution >= 4 is 11.9 Å². The van der Waals surface area contributed by atoms with E-state index in [-0.39, 0.29) is 23.8 Å². The molecule has 0 bridgehead atoms. The Morgan fingerprint density at radius 3 is 2.88 bits per heavy atom. The zero-order valence-electron chi connectivity index (χ0n) is 10.2. The first-order valence-electron chi connectivity index (χ1n) is 6.29. The Bertz CT molecular complexity index is 299. The van der Waals surface area contributed by atoms with Gasteiger partial charge in [0.05, 0.1) is 19.1 Å². The third-order valence-corrected chi connectivity index (χ3v) is 3.37. The quantitative estimate of drug-likeness (QED) is 0.678. The molecule has 0 radical (unpaired) electrons. The molecule has 0 aromatic heterocycles. The minimum absolute atomic E-state index is 0.0538. The van der Waals surface area contributed by atoms with Crippen LogP contribution in [0.3, 0.4) is 0 Å². The van der Waals surface area contributed by atoms with Crippen molar-refractivity contribution in [1.29, 1.82) is 0 Å². The highest BCUT2D eigenvalue weighted by atomic mass is 16.5. The van der Waals surface area contributed by atoms with Crippen LogP contribution in [0.5, 0.6) is 0 Å². The number of likely N-dealkylation sites (tertiary alicyclic amines) is 1. The van der Waals surface area contributed by atoms with Gasteiger partial charge >= 0.3 is 5.97 Å². The lowest BCUT2D eigenvalue weighted by Crippen LogP contribution is -2.44. The highest BCUT2D eigenvalue weighted by molar-refractivity contribution is 5.86. The number of hydrogen-bond donors (Lipinski definition) is 0. The van der Waals surface area contributed by atoms with Crippen molar-refractivity contribution < 1.29 is 19.1 Å². The van der Waals surface area contributed by atoms with E-state index in [2.05, 4.69) is 0 Å². The molecule has 0 aromatic carbocycles. The van der Waals surface area contributed by atoms with Crippen molar-refractivity contribution in [3.05, 3.63) is 0 Å². The van der Waals surface area contributed by atoms with E-state index in [0.29, 0.717) is 26.4 Å². The first kappa shape index (κ1) is 12.4. The SMILES string of the molecule is CCOC(=O)C1CCCN1C(=O)C1CCOC1. The van der Waals surface area contributed by atoms with Crippen LogP contribution in [0.4, 0.5) is 0 Å². The van der Waals surface area contributed by atoms with Gasteiger partial charge in [0.2, 0.25) is 5.91 Å². The summed E-state index contributed by atoms with van der Waals surface area (Å²) in [6.45, 7) is 3.95. The zero-order chi connectivity index (χ0) is 12.3. The van der Waals surface area contributed by atoms with Crippen LogP contribution in [0.2, 0.25) is 0 Å². The van der Waals surface area contributed by atoms with Gasteiger partial charge in [0.15, 0.2) is 0 Å². The Labute approximate surface area is 101 Å². The summed E-state index contributed by atoms with van der Waals surface area (Å²) in [5.74, 6) is -0.277. The molecule has 2 atom stereocenters. The highest BCUT2D eigenvalue weighted by Gasteiger charge is 2.38. The van der Waals surface area contributed by atoms with Crippen LogP contribution in [0.1, 0.15) is 26.2 Å². The van der Waals surface area contributed by atoms with Gasteiger partial charge in [-0.1, -0.05) is 0 Å². The topological polar surface area (TPSA) is 55.8 Å². The monoisotopic (exact) mass is 241 g/mol. The minimum Gasteiger partial charge on any atom is -0.464 e. The van der Waals surface area contributed by atoms with Gasteiger partial charge in [-0.15, -0.1) is 0 Å². The van der Waals surface area contributed by atoms with E-state index < -0.39 is 0 Å². The molecule has 0 saturated carbocycles. The Morgan fingerprint density at radius 1 is 1.41 bits per heavy atom.